The summed E-state index contributed by atoms with van der Waals surface area (Å²) in [6.07, 6.45) is -10.0. The number of nitrogens with zero attached hydrogens (tertiary/aromatic N) is 2. The number of halogens is 5. The van der Waals surface area contributed by atoms with Gasteiger partial charge in [0.2, 0.25) is 0 Å². The number of ether oxygens (including phenoxy) is 1. The molecule has 0 fully saturated rings. The molecular weight excluding hydrogens is 311 g/mol. The van der Waals surface area contributed by atoms with Crippen molar-refractivity contribution in [2.45, 2.75) is 19.2 Å². The topological polar surface area (TPSA) is 103 Å². The van der Waals surface area contributed by atoms with Gasteiger partial charge in [0.15, 0.2) is 5.75 Å². The van der Waals surface area contributed by atoms with Gasteiger partial charge in [-0.25, -0.2) is 13.8 Å². The average Bonchev–Trinajstić information content (AvgIpc) is 2.27. The first-order valence-electron chi connectivity index (χ1n) is 4.95. The van der Waals surface area contributed by atoms with E-state index in [0.29, 0.717) is 0 Å². The molecule has 0 aliphatic heterocycles. The van der Waals surface area contributed by atoms with Gasteiger partial charge in [-0.15, -0.1) is 13.2 Å². The molecule has 12 heteroatoms. The molecule has 0 amide bonds. The lowest BCUT2D eigenvalue weighted by Gasteiger charge is -2.13. The van der Waals surface area contributed by atoms with E-state index in [9.17, 15) is 36.9 Å². The number of hydrogen-bond acceptors (Lipinski definition) is 5. The summed E-state index contributed by atoms with van der Waals surface area (Å²) in [5.41, 5.74) is -3.60. The van der Waals surface area contributed by atoms with Crippen LogP contribution in [0.3, 0.4) is 0 Å². The van der Waals surface area contributed by atoms with E-state index in [1.54, 1.807) is 0 Å². The van der Waals surface area contributed by atoms with Crippen molar-refractivity contribution < 1.29 is 41.5 Å². The number of pyridine rings is 1. The molecule has 1 aromatic heterocycles. The summed E-state index contributed by atoms with van der Waals surface area (Å²) in [6, 6.07) is 0.0697. The lowest BCUT2D eigenvalue weighted by Crippen LogP contribution is -2.19. The molecule has 116 valence electrons. The SMILES string of the molecule is O=C(O)Cc1nc(C(F)F)c(OC(F)(F)F)cc1[N+](=O)[O-]. The molecule has 21 heavy (non-hydrogen) atoms. The molecule has 0 aliphatic carbocycles. The molecule has 0 radical (unpaired) electrons. The van der Waals surface area contributed by atoms with E-state index in [-0.39, 0.29) is 6.07 Å². The Kier molecular flexibility index (Phi) is 4.60. The van der Waals surface area contributed by atoms with Gasteiger partial charge in [0.1, 0.15) is 11.4 Å². The van der Waals surface area contributed by atoms with Gasteiger partial charge in [-0.3, -0.25) is 14.9 Å². The Morgan fingerprint density at radius 3 is 2.43 bits per heavy atom. The van der Waals surface area contributed by atoms with Crippen molar-refractivity contribution in [2.24, 2.45) is 0 Å². The summed E-state index contributed by atoms with van der Waals surface area (Å²) in [7, 11) is 0. The van der Waals surface area contributed by atoms with E-state index in [1.807, 2.05) is 0 Å². The van der Waals surface area contributed by atoms with Crippen LogP contribution in [0.15, 0.2) is 6.07 Å². The summed E-state index contributed by atoms with van der Waals surface area (Å²) >= 11 is 0. The van der Waals surface area contributed by atoms with E-state index >= 15 is 0 Å². The third-order valence-electron chi connectivity index (χ3n) is 2.02. The Morgan fingerprint density at radius 2 is 2.05 bits per heavy atom. The minimum atomic E-state index is -5.37. The van der Waals surface area contributed by atoms with E-state index in [1.165, 1.54) is 0 Å². The molecule has 1 N–H and O–H groups in total. The Labute approximate surface area is 112 Å². The summed E-state index contributed by atoms with van der Waals surface area (Å²) in [5, 5.41) is 19.1. The molecule has 0 saturated carbocycles. The zero-order valence-corrected chi connectivity index (χ0v) is 9.73. The third kappa shape index (κ3) is 4.50. The van der Waals surface area contributed by atoms with Gasteiger partial charge in [-0.1, -0.05) is 0 Å². The third-order valence-corrected chi connectivity index (χ3v) is 2.02. The first kappa shape index (κ1) is 16.5. The van der Waals surface area contributed by atoms with Crippen LogP contribution >= 0.6 is 0 Å². The normalized spacial score (nSPS) is 11.5. The number of rotatable bonds is 5. The number of nitro groups is 1. The number of aromatic nitrogens is 1. The molecule has 0 saturated heterocycles. The highest BCUT2D eigenvalue weighted by atomic mass is 19.4. The number of aliphatic carboxylic acids is 1. The van der Waals surface area contributed by atoms with Gasteiger partial charge in [0.25, 0.3) is 12.1 Å². The zero-order chi connectivity index (χ0) is 16.4. The minimum absolute atomic E-state index is 0.0697. The van der Waals surface area contributed by atoms with Crippen molar-refractivity contribution in [3.8, 4) is 5.75 Å². The smallest absolute Gasteiger partial charge is 0.481 e. The molecule has 7 nitrogen and oxygen atoms in total. The van der Waals surface area contributed by atoms with E-state index < -0.39 is 52.9 Å². The van der Waals surface area contributed by atoms with Crippen molar-refractivity contribution in [2.75, 3.05) is 0 Å². The van der Waals surface area contributed by atoms with Gasteiger partial charge in [0, 0.05) is 0 Å². The number of hydrogen-bond donors (Lipinski definition) is 1. The molecule has 0 bridgehead atoms. The molecule has 0 spiro atoms. The fourth-order valence-corrected chi connectivity index (χ4v) is 1.33. The van der Waals surface area contributed by atoms with Gasteiger partial charge in [0.05, 0.1) is 17.4 Å². The van der Waals surface area contributed by atoms with Crippen molar-refractivity contribution in [1.82, 2.24) is 4.98 Å². The quantitative estimate of drug-likeness (QED) is 0.508. The first-order valence-corrected chi connectivity index (χ1v) is 4.95. The van der Waals surface area contributed by atoms with Crippen LogP contribution in [-0.4, -0.2) is 27.3 Å². The standard InChI is InChI=1S/C9H5F5N2O5/c10-8(11)7-5(21-9(12,13)14)2-4(16(19)20)3(15-7)1-6(17)18/h2,8H,1H2,(H,17,18). The van der Waals surface area contributed by atoms with Crippen LogP contribution in [-0.2, 0) is 11.2 Å². The van der Waals surface area contributed by atoms with Crippen LogP contribution in [0.1, 0.15) is 17.8 Å². The van der Waals surface area contributed by atoms with Gasteiger partial charge in [-0.05, 0) is 0 Å². The Morgan fingerprint density at radius 1 is 1.48 bits per heavy atom. The Hall–Kier alpha value is -2.53. The van der Waals surface area contributed by atoms with Crippen LogP contribution in [0.25, 0.3) is 0 Å². The predicted octanol–water partition coefficient (Wildman–Crippen LogP) is 2.45. The summed E-state index contributed by atoms with van der Waals surface area (Å²) in [4.78, 5) is 22.8. The highest BCUT2D eigenvalue weighted by molar-refractivity contribution is 5.71. The molecule has 1 rings (SSSR count). The van der Waals surface area contributed by atoms with Gasteiger partial charge >= 0.3 is 12.3 Å². The molecule has 1 aromatic rings. The highest BCUT2D eigenvalue weighted by Crippen LogP contribution is 2.35. The summed E-state index contributed by atoms with van der Waals surface area (Å²) < 4.78 is 64.7. The van der Waals surface area contributed by atoms with Gasteiger partial charge < -0.3 is 9.84 Å². The predicted molar refractivity (Wildman–Crippen MR) is 53.9 cm³/mol. The second-order valence-electron chi connectivity index (χ2n) is 3.51. The second-order valence-corrected chi connectivity index (χ2v) is 3.51. The van der Waals surface area contributed by atoms with E-state index in [4.69, 9.17) is 5.11 Å². The van der Waals surface area contributed by atoms with Gasteiger partial charge in [-0.2, -0.15) is 0 Å². The number of alkyl halides is 5. The molecular formula is C9H5F5N2O5. The van der Waals surface area contributed by atoms with E-state index in [2.05, 4.69) is 9.72 Å². The molecule has 0 unspecified atom stereocenters. The summed E-state index contributed by atoms with van der Waals surface area (Å²) in [6.45, 7) is 0. The molecule has 0 aromatic carbocycles. The van der Waals surface area contributed by atoms with Crippen LogP contribution in [0.2, 0.25) is 0 Å². The second kappa shape index (κ2) is 5.85. The molecule has 0 aliphatic rings. The zero-order valence-electron chi connectivity index (χ0n) is 9.73. The van der Waals surface area contributed by atoms with Crippen LogP contribution in [0, 0.1) is 10.1 Å². The highest BCUT2D eigenvalue weighted by Gasteiger charge is 2.36. The molecule has 0 atom stereocenters. The molecule has 1 heterocycles. The fourth-order valence-electron chi connectivity index (χ4n) is 1.33. The maximum Gasteiger partial charge on any atom is 0.573 e. The minimum Gasteiger partial charge on any atom is -0.481 e. The summed E-state index contributed by atoms with van der Waals surface area (Å²) in [5.74, 6) is -3.19. The van der Waals surface area contributed by atoms with E-state index in [0.717, 1.165) is 0 Å². The largest absolute Gasteiger partial charge is 0.573 e. The van der Waals surface area contributed by atoms with Crippen LogP contribution < -0.4 is 4.74 Å². The number of carboxylic acid groups (broad SMARTS) is 1. The number of carbonyl (C=O) groups is 1. The lowest BCUT2D eigenvalue weighted by atomic mass is 10.2. The fraction of sp³-hybridized carbons (Fsp3) is 0.333. The first-order chi connectivity index (χ1) is 9.51. The Balaban J connectivity index is 3.46. The van der Waals surface area contributed by atoms with Crippen molar-refractivity contribution in [1.29, 1.82) is 0 Å². The van der Waals surface area contributed by atoms with Crippen molar-refractivity contribution >= 4 is 11.7 Å². The monoisotopic (exact) mass is 316 g/mol. The van der Waals surface area contributed by atoms with Crippen molar-refractivity contribution in [3.05, 3.63) is 27.6 Å². The maximum absolute atomic E-state index is 12.6. The average molecular weight is 316 g/mol. The lowest BCUT2D eigenvalue weighted by molar-refractivity contribution is -0.386. The van der Waals surface area contributed by atoms with Crippen molar-refractivity contribution in [3.63, 3.8) is 0 Å². The van der Waals surface area contributed by atoms with Crippen LogP contribution in [0.4, 0.5) is 27.6 Å². The Bertz CT molecular complexity index is 574. The number of carboxylic acids is 1. The van der Waals surface area contributed by atoms with Crippen LogP contribution in [0.5, 0.6) is 5.75 Å². The maximum atomic E-state index is 12.6.